The second kappa shape index (κ2) is 4.37. The van der Waals surface area contributed by atoms with Crippen molar-refractivity contribution in [1.82, 2.24) is 5.32 Å². The Labute approximate surface area is 78.6 Å². The standard InChI is InChI=1S/C8H16FNO2S/c1-10-5-8(9)4-7-2-3-13(11,12)6-7/h7-8,10H,2-6H2,1H3. The number of alkyl halides is 1. The molecule has 1 saturated heterocycles. The molecule has 0 aromatic rings. The van der Waals surface area contributed by atoms with Crippen molar-refractivity contribution >= 4 is 9.84 Å². The Bertz CT molecular complexity index is 253. The lowest BCUT2D eigenvalue weighted by atomic mass is 10.0. The molecule has 0 bridgehead atoms. The molecule has 2 atom stereocenters. The van der Waals surface area contributed by atoms with Crippen molar-refractivity contribution in [1.29, 1.82) is 0 Å². The summed E-state index contributed by atoms with van der Waals surface area (Å²) in [4.78, 5) is 0. The first-order valence-corrected chi connectivity index (χ1v) is 6.35. The second-order valence-corrected chi connectivity index (χ2v) is 5.89. The van der Waals surface area contributed by atoms with Crippen LogP contribution in [-0.4, -0.2) is 39.7 Å². The fraction of sp³-hybridized carbons (Fsp3) is 1.00. The van der Waals surface area contributed by atoms with Crippen LogP contribution in [0.2, 0.25) is 0 Å². The van der Waals surface area contributed by atoms with Crippen LogP contribution in [0.3, 0.4) is 0 Å². The molecule has 1 fully saturated rings. The number of halogens is 1. The van der Waals surface area contributed by atoms with E-state index in [1.54, 1.807) is 7.05 Å². The third-order valence-electron chi connectivity index (χ3n) is 2.34. The van der Waals surface area contributed by atoms with Crippen LogP contribution < -0.4 is 5.32 Å². The van der Waals surface area contributed by atoms with Gasteiger partial charge in [-0.2, -0.15) is 0 Å². The van der Waals surface area contributed by atoms with Gasteiger partial charge in [0.15, 0.2) is 9.84 Å². The molecule has 0 aromatic carbocycles. The van der Waals surface area contributed by atoms with Crippen LogP contribution in [-0.2, 0) is 9.84 Å². The van der Waals surface area contributed by atoms with Crippen LogP contribution in [0, 0.1) is 5.92 Å². The minimum absolute atomic E-state index is 0.0355. The number of hydrogen-bond donors (Lipinski definition) is 1. The molecule has 78 valence electrons. The molecule has 0 amide bonds. The fourth-order valence-corrected chi connectivity index (χ4v) is 3.60. The minimum atomic E-state index is -2.84. The Morgan fingerprint density at radius 3 is 2.77 bits per heavy atom. The zero-order valence-electron chi connectivity index (χ0n) is 7.79. The van der Waals surface area contributed by atoms with E-state index >= 15 is 0 Å². The van der Waals surface area contributed by atoms with Crippen LogP contribution in [0.1, 0.15) is 12.8 Å². The summed E-state index contributed by atoms with van der Waals surface area (Å²) in [6, 6.07) is 0. The van der Waals surface area contributed by atoms with E-state index in [-0.39, 0.29) is 17.4 Å². The molecule has 1 aliphatic rings. The molecular weight excluding hydrogens is 193 g/mol. The first-order chi connectivity index (χ1) is 6.03. The quantitative estimate of drug-likeness (QED) is 0.727. The third-order valence-corrected chi connectivity index (χ3v) is 4.18. The molecule has 1 rings (SSSR count). The summed E-state index contributed by atoms with van der Waals surface area (Å²) < 4.78 is 35.1. The highest BCUT2D eigenvalue weighted by atomic mass is 32.2. The maximum absolute atomic E-state index is 13.0. The van der Waals surface area contributed by atoms with Gasteiger partial charge in [-0.25, -0.2) is 12.8 Å². The Kier molecular flexibility index (Phi) is 3.67. The van der Waals surface area contributed by atoms with Crippen molar-refractivity contribution in [2.75, 3.05) is 25.1 Å². The normalized spacial score (nSPS) is 28.9. The molecule has 1 aliphatic heterocycles. The summed E-state index contributed by atoms with van der Waals surface area (Å²) in [7, 11) is -1.15. The maximum Gasteiger partial charge on any atom is 0.150 e. The van der Waals surface area contributed by atoms with E-state index in [2.05, 4.69) is 5.32 Å². The van der Waals surface area contributed by atoms with Crippen molar-refractivity contribution in [2.24, 2.45) is 5.92 Å². The Hall–Kier alpha value is -0.160. The highest BCUT2D eigenvalue weighted by molar-refractivity contribution is 7.91. The predicted octanol–water partition coefficient (Wildman–Crippen LogP) is 0.369. The first kappa shape index (κ1) is 10.9. The van der Waals surface area contributed by atoms with E-state index in [1.165, 1.54) is 0 Å². The van der Waals surface area contributed by atoms with E-state index in [1.807, 2.05) is 0 Å². The molecular formula is C8H16FNO2S. The summed E-state index contributed by atoms with van der Waals surface area (Å²) in [5.74, 6) is 0.453. The molecule has 1 N–H and O–H groups in total. The van der Waals surface area contributed by atoms with Crippen molar-refractivity contribution in [3.8, 4) is 0 Å². The van der Waals surface area contributed by atoms with Crippen LogP contribution >= 0.6 is 0 Å². The maximum atomic E-state index is 13.0. The second-order valence-electron chi connectivity index (χ2n) is 3.66. The average molecular weight is 209 g/mol. The van der Waals surface area contributed by atoms with Gasteiger partial charge in [0.2, 0.25) is 0 Å². The van der Waals surface area contributed by atoms with E-state index in [9.17, 15) is 12.8 Å². The van der Waals surface area contributed by atoms with Crippen molar-refractivity contribution in [2.45, 2.75) is 19.0 Å². The smallest absolute Gasteiger partial charge is 0.150 e. The van der Waals surface area contributed by atoms with Gasteiger partial charge in [-0.3, -0.25) is 0 Å². The summed E-state index contributed by atoms with van der Waals surface area (Å²) in [6.07, 6.45) is 0.0929. The highest BCUT2D eigenvalue weighted by Gasteiger charge is 2.29. The van der Waals surface area contributed by atoms with Gasteiger partial charge in [0, 0.05) is 6.54 Å². The molecule has 13 heavy (non-hydrogen) atoms. The van der Waals surface area contributed by atoms with Crippen LogP contribution in [0.25, 0.3) is 0 Å². The average Bonchev–Trinajstić information content (AvgIpc) is 2.30. The lowest BCUT2D eigenvalue weighted by molar-refractivity contribution is 0.272. The molecule has 0 spiro atoms. The zero-order valence-corrected chi connectivity index (χ0v) is 8.61. The molecule has 0 saturated carbocycles. The number of rotatable bonds is 4. The van der Waals surface area contributed by atoms with Crippen molar-refractivity contribution in [3.63, 3.8) is 0 Å². The lowest BCUT2D eigenvalue weighted by Gasteiger charge is -2.11. The number of hydrogen-bond acceptors (Lipinski definition) is 3. The summed E-state index contributed by atoms with van der Waals surface area (Å²) in [5, 5.41) is 2.74. The van der Waals surface area contributed by atoms with Gasteiger partial charge in [-0.05, 0) is 25.8 Å². The van der Waals surface area contributed by atoms with E-state index in [4.69, 9.17) is 0 Å². The van der Waals surface area contributed by atoms with Gasteiger partial charge in [0.1, 0.15) is 6.17 Å². The Morgan fingerprint density at radius 1 is 1.62 bits per heavy atom. The number of nitrogens with one attached hydrogen (secondary N) is 1. The van der Waals surface area contributed by atoms with Gasteiger partial charge >= 0.3 is 0 Å². The molecule has 0 aromatic heterocycles. The summed E-state index contributed by atoms with van der Waals surface area (Å²) >= 11 is 0. The van der Waals surface area contributed by atoms with E-state index < -0.39 is 16.0 Å². The molecule has 2 unspecified atom stereocenters. The summed E-state index contributed by atoms with van der Waals surface area (Å²) in [6.45, 7) is 0.316. The molecule has 5 heteroatoms. The van der Waals surface area contributed by atoms with Gasteiger partial charge < -0.3 is 5.32 Å². The van der Waals surface area contributed by atoms with Gasteiger partial charge in [-0.1, -0.05) is 0 Å². The van der Waals surface area contributed by atoms with E-state index in [0.29, 0.717) is 19.4 Å². The molecule has 0 radical (unpaired) electrons. The van der Waals surface area contributed by atoms with Crippen molar-refractivity contribution < 1.29 is 12.8 Å². The largest absolute Gasteiger partial charge is 0.317 e. The highest BCUT2D eigenvalue weighted by Crippen LogP contribution is 2.23. The Morgan fingerprint density at radius 2 is 2.31 bits per heavy atom. The van der Waals surface area contributed by atoms with Gasteiger partial charge in [0.25, 0.3) is 0 Å². The molecule has 1 heterocycles. The monoisotopic (exact) mass is 209 g/mol. The fourth-order valence-electron chi connectivity index (χ4n) is 1.72. The van der Waals surface area contributed by atoms with Gasteiger partial charge in [-0.15, -0.1) is 0 Å². The lowest BCUT2D eigenvalue weighted by Crippen LogP contribution is -2.22. The zero-order chi connectivity index (χ0) is 9.90. The third kappa shape index (κ3) is 3.60. The van der Waals surface area contributed by atoms with Crippen molar-refractivity contribution in [3.05, 3.63) is 0 Å². The SMILES string of the molecule is CNCC(F)CC1CCS(=O)(=O)C1. The predicted molar refractivity (Wildman–Crippen MR) is 50.2 cm³/mol. The molecule has 3 nitrogen and oxygen atoms in total. The summed E-state index contributed by atoms with van der Waals surface area (Å²) in [5.41, 5.74) is 0. The Balaban J connectivity index is 2.32. The topological polar surface area (TPSA) is 46.2 Å². The number of sulfone groups is 1. The van der Waals surface area contributed by atoms with E-state index in [0.717, 1.165) is 0 Å². The first-order valence-electron chi connectivity index (χ1n) is 4.52. The van der Waals surface area contributed by atoms with Gasteiger partial charge in [0.05, 0.1) is 11.5 Å². The molecule has 0 aliphatic carbocycles. The van der Waals surface area contributed by atoms with Crippen LogP contribution in [0.5, 0.6) is 0 Å². The van der Waals surface area contributed by atoms with Crippen LogP contribution in [0.15, 0.2) is 0 Å². The van der Waals surface area contributed by atoms with Crippen LogP contribution in [0.4, 0.5) is 4.39 Å². The minimum Gasteiger partial charge on any atom is -0.317 e.